The molecule has 0 amide bonds. The highest BCUT2D eigenvalue weighted by molar-refractivity contribution is 6.92. The van der Waals surface area contributed by atoms with Crippen LogP contribution in [0.1, 0.15) is 6.92 Å². The van der Waals surface area contributed by atoms with Gasteiger partial charge >= 0.3 is 17.6 Å². The molecule has 0 saturated heterocycles. The van der Waals surface area contributed by atoms with Gasteiger partial charge in [-0.3, -0.25) is 0 Å². The summed E-state index contributed by atoms with van der Waals surface area (Å²) in [7, 11) is -11.5. The molecule has 0 aliphatic rings. The molecule has 5 nitrogen and oxygen atoms in total. The van der Waals surface area contributed by atoms with Crippen LogP contribution in [-0.4, -0.2) is 49.5 Å². The van der Waals surface area contributed by atoms with Crippen LogP contribution in [0.4, 0.5) is 0 Å². The van der Waals surface area contributed by atoms with Gasteiger partial charge in [0.2, 0.25) is 0 Å². The monoisotopic (exact) mass is 432 g/mol. The van der Waals surface area contributed by atoms with E-state index in [1.165, 1.54) is 0 Å². The molecule has 0 aromatic heterocycles. The van der Waals surface area contributed by atoms with Crippen molar-refractivity contribution in [1.29, 1.82) is 0 Å². The molecule has 25 heavy (non-hydrogen) atoms. The molecule has 1 atom stereocenters. The molecular formula is C15H32O5Si5. The molecule has 1 aromatic carbocycles. The summed E-state index contributed by atoms with van der Waals surface area (Å²) in [5, 5.41) is 1.41. The first-order valence-electron chi connectivity index (χ1n) is 8.68. The van der Waals surface area contributed by atoms with Crippen LogP contribution in [0.25, 0.3) is 0 Å². The Morgan fingerprint density at radius 1 is 0.880 bits per heavy atom. The second kappa shape index (κ2) is 9.69. The average Bonchev–Trinajstić information content (AvgIpc) is 2.45. The summed E-state index contributed by atoms with van der Waals surface area (Å²) >= 11 is 0. The quantitative estimate of drug-likeness (QED) is 0.572. The molecule has 1 unspecified atom stereocenters. The van der Waals surface area contributed by atoms with Crippen LogP contribution in [0.3, 0.4) is 0 Å². The number of benzene rings is 1. The van der Waals surface area contributed by atoms with E-state index in [0.717, 1.165) is 5.19 Å². The Morgan fingerprint density at radius 3 is 1.68 bits per heavy atom. The minimum atomic E-state index is -3.62. The zero-order valence-corrected chi connectivity index (χ0v) is 21.9. The van der Waals surface area contributed by atoms with Crippen molar-refractivity contribution in [3.8, 4) is 0 Å². The highest BCUT2D eigenvalue weighted by Gasteiger charge is 2.54. The van der Waals surface area contributed by atoms with Crippen LogP contribution in [-0.2, 0) is 16.5 Å². The lowest BCUT2D eigenvalue weighted by molar-refractivity contribution is 0.195. The number of rotatable bonds is 10. The third-order valence-electron chi connectivity index (χ3n) is 3.12. The lowest BCUT2D eigenvalue weighted by atomic mass is 10.4. The Labute approximate surface area is 159 Å². The van der Waals surface area contributed by atoms with Gasteiger partial charge in [-0.2, -0.15) is 0 Å². The Balaban J connectivity index is 3.43. The molecule has 0 heterocycles. The topological polar surface area (TPSA) is 57.2 Å². The first-order valence-corrected chi connectivity index (χ1v) is 20.5. The van der Waals surface area contributed by atoms with Gasteiger partial charge < -0.3 is 21.3 Å². The Kier molecular flexibility index (Phi) is 8.87. The van der Waals surface area contributed by atoms with E-state index >= 15 is 0 Å². The van der Waals surface area contributed by atoms with Crippen LogP contribution >= 0.6 is 0 Å². The van der Waals surface area contributed by atoms with Gasteiger partial charge in [0.25, 0.3) is 0 Å². The molecule has 10 heteroatoms. The SMILES string of the molecule is C=C(C)[Si](O)(O[SiH](C)C)O[Si](O[SiH](C)C)(O[SiH](C)C)c1ccccc1. The van der Waals surface area contributed by atoms with E-state index in [1.807, 2.05) is 43.4 Å². The molecule has 0 aliphatic carbocycles. The van der Waals surface area contributed by atoms with Crippen molar-refractivity contribution in [2.45, 2.75) is 46.2 Å². The Hall–Kier alpha value is -0.156. The van der Waals surface area contributed by atoms with Crippen LogP contribution in [0, 0.1) is 0 Å². The highest BCUT2D eigenvalue weighted by Crippen LogP contribution is 2.24. The molecular weight excluding hydrogens is 401 g/mol. The summed E-state index contributed by atoms with van der Waals surface area (Å²) in [4.78, 5) is 11.2. The van der Waals surface area contributed by atoms with E-state index in [0.29, 0.717) is 5.20 Å². The third-order valence-corrected chi connectivity index (χ3v) is 16.8. The summed E-state index contributed by atoms with van der Waals surface area (Å²) in [6.45, 7) is 18.0. The first-order chi connectivity index (χ1) is 11.5. The van der Waals surface area contributed by atoms with E-state index in [2.05, 4.69) is 32.8 Å². The average molecular weight is 433 g/mol. The molecule has 1 N–H and O–H groups in total. The standard InChI is InChI=1S/C15H32O5Si5/c1-14(2)24(16,17-21(3)4)20-25(18-22(5)6,19-23(7)8)15-12-10-9-11-13-15/h9-13,16,21-23H,1H2,2-8H3. The van der Waals surface area contributed by atoms with E-state index in [-0.39, 0.29) is 0 Å². The largest absolute Gasteiger partial charge is 0.511 e. The van der Waals surface area contributed by atoms with Crippen LogP contribution in [0.15, 0.2) is 42.1 Å². The summed E-state index contributed by atoms with van der Waals surface area (Å²) in [5.41, 5.74) is 0. The second-order valence-electron chi connectivity index (χ2n) is 6.89. The molecule has 0 radical (unpaired) electrons. The maximum Gasteiger partial charge on any atom is 0.511 e. The Morgan fingerprint density at radius 2 is 1.32 bits per heavy atom. The zero-order chi connectivity index (χ0) is 19.3. The molecule has 0 saturated carbocycles. The Bertz CT molecular complexity index is 545. The smallest absolute Gasteiger partial charge is 0.416 e. The van der Waals surface area contributed by atoms with Crippen molar-refractivity contribution in [1.82, 2.24) is 0 Å². The first kappa shape index (κ1) is 22.9. The molecule has 0 spiro atoms. The van der Waals surface area contributed by atoms with Gasteiger partial charge in [0.15, 0.2) is 27.1 Å². The fourth-order valence-electron chi connectivity index (χ4n) is 2.25. The van der Waals surface area contributed by atoms with Gasteiger partial charge in [-0.15, -0.1) is 0 Å². The molecule has 0 bridgehead atoms. The van der Waals surface area contributed by atoms with Crippen LogP contribution < -0.4 is 5.19 Å². The predicted octanol–water partition coefficient (Wildman–Crippen LogP) is 1.90. The molecule has 1 aromatic rings. The van der Waals surface area contributed by atoms with Gasteiger partial charge in [0.1, 0.15) is 0 Å². The van der Waals surface area contributed by atoms with Gasteiger partial charge in [-0.25, -0.2) is 0 Å². The number of allylic oxidation sites excluding steroid dienone is 1. The molecule has 0 aliphatic heterocycles. The number of hydrogen-bond donors (Lipinski definition) is 1. The van der Waals surface area contributed by atoms with Crippen molar-refractivity contribution >= 4 is 49.9 Å². The fraction of sp³-hybridized carbons (Fsp3) is 0.467. The lowest BCUT2D eigenvalue weighted by Gasteiger charge is -2.39. The van der Waals surface area contributed by atoms with Gasteiger partial charge in [0, 0.05) is 5.19 Å². The van der Waals surface area contributed by atoms with Crippen LogP contribution in [0.2, 0.25) is 39.3 Å². The minimum Gasteiger partial charge on any atom is -0.416 e. The van der Waals surface area contributed by atoms with Crippen molar-refractivity contribution in [2.24, 2.45) is 0 Å². The zero-order valence-electron chi connectivity index (χ0n) is 16.4. The van der Waals surface area contributed by atoms with Gasteiger partial charge in [-0.1, -0.05) is 36.9 Å². The molecule has 1 rings (SSSR count). The van der Waals surface area contributed by atoms with Gasteiger partial charge in [0.05, 0.1) is 0 Å². The van der Waals surface area contributed by atoms with Crippen molar-refractivity contribution in [3.05, 3.63) is 42.1 Å². The van der Waals surface area contributed by atoms with Gasteiger partial charge in [-0.05, 0) is 51.4 Å². The second-order valence-corrected chi connectivity index (χ2v) is 20.5. The predicted molar refractivity (Wildman–Crippen MR) is 116 cm³/mol. The minimum absolute atomic E-state index is 0.532. The van der Waals surface area contributed by atoms with E-state index in [4.69, 9.17) is 16.5 Å². The van der Waals surface area contributed by atoms with Crippen molar-refractivity contribution in [2.75, 3.05) is 0 Å². The lowest BCUT2D eigenvalue weighted by Crippen LogP contribution is -2.67. The fourth-order valence-corrected chi connectivity index (χ4v) is 17.5. The van der Waals surface area contributed by atoms with E-state index in [1.54, 1.807) is 6.92 Å². The highest BCUT2D eigenvalue weighted by atomic mass is 28.5. The number of hydrogen-bond acceptors (Lipinski definition) is 5. The summed E-state index contributed by atoms with van der Waals surface area (Å²) in [6.07, 6.45) is 0. The van der Waals surface area contributed by atoms with E-state index in [9.17, 15) is 4.80 Å². The summed E-state index contributed by atoms with van der Waals surface area (Å²) in [6, 6.07) is 9.74. The summed E-state index contributed by atoms with van der Waals surface area (Å²) in [5.74, 6) is 0. The van der Waals surface area contributed by atoms with Crippen molar-refractivity contribution < 1.29 is 21.3 Å². The van der Waals surface area contributed by atoms with Crippen molar-refractivity contribution in [3.63, 3.8) is 0 Å². The molecule has 0 fully saturated rings. The van der Waals surface area contributed by atoms with Crippen LogP contribution in [0.5, 0.6) is 0 Å². The summed E-state index contributed by atoms with van der Waals surface area (Å²) < 4.78 is 25.1. The molecule has 142 valence electrons. The normalized spacial score (nSPS) is 15.0. The maximum atomic E-state index is 11.2. The maximum absolute atomic E-state index is 11.2. The van der Waals surface area contributed by atoms with E-state index < -0.39 is 44.7 Å². The third kappa shape index (κ3) is 6.82.